The molecule has 3 rings (SSSR count). The highest BCUT2D eigenvalue weighted by atomic mass is 16.6. The number of nitrogens with zero attached hydrogens (tertiary/aromatic N) is 4. The standard InChI is InChI=1S/C22H16N6O9/c29-21(24-16-2-1-3-17(10-16)26(31)32)13-37-20-6-4-14(5-7-20)12-23-25-22(30)15-8-18(27(33)34)11-19(9-15)28(35)36/h1-12H,13H2,(H,24,29)(H,25,30)/b23-12+. The van der Waals surface area contributed by atoms with Crippen LogP contribution in [0.5, 0.6) is 5.75 Å². The minimum absolute atomic E-state index is 0.168. The molecule has 0 aliphatic carbocycles. The summed E-state index contributed by atoms with van der Waals surface area (Å²) < 4.78 is 5.36. The molecule has 2 amide bonds. The van der Waals surface area contributed by atoms with Gasteiger partial charge >= 0.3 is 0 Å². The summed E-state index contributed by atoms with van der Waals surface area (Å²) in [5, 5.41) is 38.9. The zero-order chi connectivity index (χ0) is 26.9. The first-order chi connectivity index (χ1) is 17.6. The predicted molar refractivity (Wildman–Crippen MR) is 128 cm³/mol. The molecule has 0 heterocycles. The van der Waals surface area contributed by atoms with Gasteiger partial charge in [-0.1, -0.05) is 6.07 Å². The number of carbonyl (C=O) groups excluding carboxylic acids is 2. The molecule has 0 aromatic heterocycles. The normalized spacial score (nSPS) is 10.5. The largest absolute Gasteiger partial charge is 0.484 e. The fourth-order valence-electron chi connectivity index (χ4n) is 2.86. The Balaban J connectivity index is 1.54. The third-order valence-corrected chi connectivity index (χ3v) is 4.56. The average Bonchev–Trinajstić information content (AvgIpc) is 2.88. The van der Waals surface area contributed by atoms with E-state index >= 15 is 0 Å². The first-order valence-electron chi connectivity index (χ1n) is 10.2. The van der Waals surface area contributed by atoms with E-state index in [9.17, 15) is 39.9 Å². The smallest absolute Gasteiger partial charge is 0.277 e. The summed E-state index contributed by atoms with van der Waals surface area (Å²) in [7, 11) is 0. The van der Waals surface area contributed by atoms with E-state index in [4.69, 9.17) is 4.74 Å². The van der Waals surface area contributed by atoms with Crippen LogP contribution in [0.3, 0.4) is 0 Å². The van der Waals surface area contributed by atoms with Crippen LogP contribution in [0.4, 0.5) is 22.7 Å². The zero-order valence-electron chi connectivity index (χ0n) is 18.6. The van der Waals surface area contributed by atoms with Gasteiger partial charge in [0.25, 0.3) is 28.9 Å². The van der Waals surface area contributed by atoms with Crippen molar-refractivity contribution < 1.29 is 29.1 Å². The lowest BCUT2D eigenvalue weighted by molar-refractivity contribution is -0.394. The second kappa shape index (κ2) is 11.6. The number of hydrogen-bond donors (Lipinski definition) is 2. The number of carbonyl (C=O) groups is 2. The summed E-state index contributed by atoms with van der Waals surface area (Å²) in [6.45, 7) is -0.360. The third kappa shape index (κ3) is 7.38. The molecule has 37 heavy (non-hydrogen) atoms. The van der Waals surface area contributed by atoms with Crippen molar-refractivity contribution in [2.45, 2.75) is 0 Å². The Morgan fingerprint density at radius 3 is 2.05 bits per heavy atom. The monoisotopic (exact) mass is 508 g/mol. The van der Waals surface area contributed by atoms with Crippen molar-refractivity contribution in [2.75, 3.05) is 11.9 Å². The molecule has 2 N–H and O–H groups in total. The Hall–Kier alpha value is -5.73. The Morgan fingerprint density at radius 1 is 0.838 bits per heavy atom. The fraction of sp³-hybridized carbons (Fsp3) is 0.0455. The molecule has 0 bridgehead atoms. The van der Waals surface area contributed by atoms with Crippen LogP contribution >= 0.6 is 0 Å². The summed E-state index contributed by atoms with van der Waals surface area (Å²) in [5.74, 6) is -1.09. The van der Waals surface area contributed by atoms with Gasteiger partial charge in [0.1, 0.15) is 5.75 Å². The zero-order valence-corrected chi connectivity index (χ0v) is 18.6. The molecule has 0 saturated heterocycles. The van der Waals surface area contributed by atoms with Crippen molar-refractivity contribution in [1.29, 1.82) is 0 Å². The van der Waals surface area contributed by atoms with Gasteiger partial charge < -0.3 is 10.1 Å². The van der Waals surface area contributed by atoms with Gasteiger partial charge in [-0.3, -0.25) is 39.9 Å². The fourth-order valence-corrected chi connectivity index (χ4v) is 2.86. The minimum Gasteiger partial charge on any atom is -0.484 e. The highest BCUT2D eigenvalue weighted by Gasteiger charge is 2.19. The quantitative estimate of drug-likeness (QED) is 0.233. The number of rotatable bonds is 10. The molecular formula is C22H16N6O9. The summed E-state index contributed by atoms with van der Waals surface area (Å²) in [4.78, 5) is 54.6. The molecule has 0 unspecified atom stereocenters. The van der Waals surface area contributed by atoms with Gasteiger partial charge in [0.15, 0.2) is 6.61 Å². The molecule has 3 aromatic carbocycles. The minimum atomic E-state index is -0.891. The maximum Gasteiger partial charge on any atom is 0.277 e. The SMILES string of the molecule is O=C(COc1ccc(/C=N/NC(=O)c2cc([N+](=O)[O-])cc([N+](=O)[O-])c2)cc1)Nc1cccc([N+](=O)[O-])c1. The Kier molecular flexibility index (Phi) is 8.12. The van der Waals surface area contributed by atoms with Crippen LogP contribution < -0.4 is 15.5 Å². The van der Waals surface area contributed by atoms with Gasteiger partial charge in [0, 0.05) is 30.0 Å². The molecule has 15 heteroatoms. The van der Waals surface area contributed by atoms with Crippen molar-refractivity contribution in [3.8, 4) is 5.75 Å². The van der Waals surface area contributed by atoms with Crippen molar-refractivity contribution in [3.63, 3.8) is 0 Å². The van der Waals surface area contributed by atoms with Gasteiger partial charge in [0.2, 0.25) is 0 Å². The maximum atomic E-state index is 12.2. The van der Waals surface area contributed by atoms with E-state index in [1.807, 2.05) is 0 Å². The third-order valence-electron chi connectivity index (χ3n) is 4.56. The molecular weight excluding hydrogens is 492 g/mol. The molecule has 0 fully saturated rings. The van der Waals surface area contributed by atoms with Gasteiger partial charge in [-0.2, -0.15) is 5.10 Å². The number of ether oxygens (including phenoxy) is 1. The molecule has 0 aliphatic heterocycles. The van der Waals surface area contributed by atoms with Crippen molar-refractivity contribution in [2.24, 2.45) is 5.10 Å². The lowest BCUT2D eigenvalue weighted by Crippen LogP contribution is -2.20. The topological polar surface area (TPSA) is 209 Å². The van der Waals surface area contributed by atoms with Crippen LogP contribution in [0.15, 0.2) is 71.8 Å². The molecule has 0 radical (unpaired) electrons. The summed E-state index contributed by atoms with van der Waals surface area (Å²) in [6, 6.07) is 14.1. The van der Waals surface area contributed by atoms with Crippen molar-refractivity contribution in [1.82, 2.24) is 5.43 Å². The molecule has 0 spiro atoms. The number of anilines is 1. The van der Waals surface area contributed by atoms with E-state index < -0.39 is 38.0 Å². The van der Waals surface area contributed by atoms with Gasteiger partial charge in [-0.15, -0.1) is 0 Å². The number of nitrogens with one attached hydrogen (secondary N) is 2. The van der Waals surface area contributed by atoms with Gasteiger partial charge in [0.05, 0.1) is 32.6 Å². The van der Waals surface area contributed by atoms with Crippen LogP contribution in [0.1, 0.15) is 15.9 Å². The number of nitro benzene ring substituents is 3. The van der Waals surface area contributed by atoms with Crippen molar-refractivity contribution >= 4 is 40.8 Å². The van der Waals surface area contributed by atoms with Crippen LogP contribution in [0, 0.1) is 30.3 Å². The summed E-state index contributed by atoms with van der Waals surface area (Å²) >= 11 is 0. The predicted octanol–water partition coefficient (Wildman–Crippen LogP) is 3.19. The Morgan fingerprint density at radius 2 is 1.46 bits per heavy atom. The average molecular weight is 508 g/mol. The highest BCUT2D eigenvalue weighted by molar-refractivity contribution is 5.96. The number of hydrogen-bond acceptors (Lipinski definition) is 10. The lowest BCUT2D eigenvalue weighted by atomic mass is 10.1. The lowest BCUT2D eigenvalue weighted by Gasteiger charge is -2.07. The van der Waals surface area contributed by atoms with E-state index in [0.29, 0.717) is 11.3 Å². The highest BCUT2D eigenvalue weighted by Crippen LogP contribution is 2.22. The number of hydrazone groups is 1. The Bertz CT molecular complexity index is 1370. The van der Waals surface area contributed by atoms with Crippen LogP contribution in [-0.4, -0.2) is 39.4 Å². The van der Waals surface area contributed by atoms with Gasteiger partial charge in [-0.05, 0) is 35.9 Å². The molecule has 15 nitrogen and oxygen atoms in total. The first kappa shape index (κ1) is 25.9. The number of nitro groups is 3. The second-order valence-electron chi connectivity index (χ2n) is 7.16. The Labute approximate surface area is 206 Å². The molecule has 0 atom stereocenters. The summed E-state index contributed by atoms with van der Waals surface area (Å²) in [5.41, 5.74) is 1.18. The molecule has 0 aliphatic rings. The van der Waals surface area contributed by atoms with Gasteiger partial charge in [-0.25, -0.2) is 5.43 Å². The maximum absolute atomic E-state index is 12.2. The van der Waals surface area contributed by atoms with Crippen molar-refractivity contribution in [3.05, 3.63) is 108 Å². The number of benzene rings is 3. The van der Waals surface area contributed by atoms with E-state index in [-0.39, 0.29) is 23.5 Å². The molecule has 188 valence electrons. The van der Waals surface area contributed by atoms with E-state index in [2.05, 4.69) is 15.8 Å². The van der Waals surface area contributed by atoms with Crippen LogP contribution in [-0.2, 0) is 4.79 Å². The first-order valence-corrected chi connectivity index (χ1v) is 10.2. The summed E-state index contributed by atoms with van der Waals surface area (Å²) in [6.07, 6.45) is 1.25. The number of non-ortho nitro benzene ring substituents is 3. The van der Waals surface area contributed by atoms with E-state index in [1.165, 1.54) is 42.6 Å². The molecule has 3 aromatic rings. The van der Waals surface area contributed by atoms with E-state index in [0.717, 1.165) is 18.2 Å². The van der Waals surface area contributed by atoms with E-state index in [1.54, 1.807) is 12.1 Å². The van der Waals surface area contributed by atoms with Crippen LogP contribution in [0.2, 0.25) is 0 Å². The van der Waals surface area contributed by atoms with Crippen LogP contribution in [0.25, 0.3) is 0 Å². The second-order valence-corrected chi connectivity index (χ2v) is 7.16. The molecule has 0 saturated carbocycles. The number of amides is 2.